The third-order valence-corrected chi connectivity index (χ3v) is 2.50. The third-order valence-electron chi connectivity index (χ3n) is 2.50. The molecule has 0 aliphatic rings. The molecule has 0 atom stereocenters. The van der Waals surface area contributed by atoms with Crippen LogP contribution in [0.5, 0.6) is 0 Å². The molecule has 0 saturated heterocycles. The van der Waals surface area contributed by atoms with Crippen LogP contribution in [0.4, 0.5) is 4.39 Å². The highest BCUT2D eigenvalue weighted by atomic mass is 19.1. The summed E-state index contributed by atoms with van der Waals surface area (Å²) in [6.45, 7) is 6.30. The zero-order valence-electron chi connectivity index (χ0n) is 10.1. The first-order valence-electron chi connectivity index (χ1n) is 5.85. The number of carbonyl (C=O) groups excluding carboxylic acids is 1. The first-order valence-corrected chi connectivity index (χ1v) is 5.85. The van der Waals surface area contributed by atoms with Gasteiger partial charge in [-0.25, -0.2) is 4.39 Å². The van der Waals surface area contributed by atoms with E-state index in [1.165, 1.54) is 12.1 Å². The minimum Gasteiger partial charge on any atom is -0.356 e. The molecular formula is C14H18FNO. The first-order chi connectivity index (χ1) is 8.17. The van der Waals surface area contributed by atoms with Crippen LogP contribution in [0.15, 0.2) is 24.8 Å². The Hall–Kier alpha value is -1.64. The number of benzene rings is 1. The predicted molar refractivity (Wildman–Crippen MR) is 68.1 cm³/mol. The van der Waals surface area contributed by atoms with Gasteiger partial charge in [0, 0.05) is 12.1 Å². The highest BCUT2D eigenvalue weighted by Gasteiger charge is 2.05. The maximum Gasteiger partial charge on any atom is 0.224 e. The van der Waals surface area contributed by atoms with Gasteiger partial charge in [0.25, 0.3) is 0 Å². The van der Waals surface area contributed by atoms with Crippen molar-refractivity contribution in [3.8, 4) is 0 Å². The topological polar surface area (TPSA) is 29.1 Å². The highest BCUT2D eigenvalue weighted by Crippen LogP contribution is 2.12. The van der Waals surface area contributed by atoms with Crippen molar-refractivity contribution in [2.75, 3.05) is 6.54 Å². The third kappa shape index (κ3) is 4.39. The van der Waals surface area contributed by atoms with Gasteiger partial charge in [0.1, 0.15) is 5.82 Å². The fourth-order valence-corrected chi connectivity index (χ4v) is 1.51. The van der Waals surface area contributed by atoms with Gasteiger partial charge in [-0.3, -0.25) is 4.79 Å². The average Bonchev–Trinajstić information content (AvgIpc) is 2.32. The maximum absolute atomic E-state index is 13.2. The van der Waals surface area contributed by atoms with Crippen LogP contribution >= 0.6 is 0 Å². The molecule has 1 aromatic carbocycles. The van der Waals surface area contributed by atoms with Crippen LogP contribution in [-0.4, -0.2) is 12.5 Å². The number of rotatable bonds is 6. The Balaban J connectivity index is 2.56. The van der Waals surface area contributed by atoms with Gasteiger partial charge < -0.3 is 5.32 Å². The lowest BCUT2D eigenvalue weighted by atomic mass is 10.1. The Bertz CT molecular complexity index is 401. The van der Waals surface area contributed by atoms with Crippen molar-refractivity contribution in [1.29, 1.82) is 0 Å². The Morgan fingerprint density at radius 1 is 1.53 bits per heavy atom. The molecule has 3 heteroatoms. The highest BCUT2D eigenvalue weighted by molar-refractivity contribution is 5.78. The summed E-state index contributed by atoms with van der Waals surface area (Å²) in [6.07, 6.45) is 3.77. The van der Waals surface area contributed by atoms with E-state index in [9.17, 15) is 9.18 Å². The molecule has 0 bridgehead atoms. The minimum atomic E-state index is -0.310. The monoisotopic (exact) mass is 235 g/mol. The van der Waals surface area contributed by atoms with E-state index in [1.807, 2.05) is 0 Å². The molecular weight excluding hydrogens is 217 g/mol. The second-order valence-electron chi connectivity index (χ2n) is 3.94. The van der Waals surface area contributed by atoms with Gasteiger partial charge in [-0.1, -0.05) is 32.1 Å². The van der Waals surface area contributed by atoms with Crippen LogP contribution in [0.1, 0.15) is 30.9 Å². The Labute approximate surface area is 102 Å². The molecule has 1 rings (SSSR count). The SMILES string of the molecule is C=Cc1cc(CC(=O)NCCCC)ccc1F. The van der Waals surface area contributed by atoms with Crippen molar-refractivity contribution in [3.63, 3.8) is 0 Å². The molecule has 0 unspecified atom stereocenters. The van der Waals surface area contributed by atoms with Crippen molar-refractivity contribution in [3.05, 3.63) is 41.7 Å². The zero-order valence-corrected chi connectivity index (χ0v) is 10.1. The molecule has 2 nitrogen and oxygen atoms in total. The van der Waals surface area contributed by atoms with Crippen molar-refractivity contribution < 1.29 is 9.18 Å². The molecule has 0 heterocycles. The molecule has 1 amide bonds. The number of hydrogen-bond acceptors (Lipinski definition) is 1. The standard InChI is InChI=1S/C14H18FNO/c1-3-5-8-16-14(17)10-11-6-7-13(15)12(4-2)9-11/h4,6-7,9H,2-3,5,8,10H2,1H3,(H,16,17). The van der Waals surface area contributed by atoms with Crippen molar-refractivity contribution >= 4 is 12.0 Å². The lowest BCUT2D eigenvalue weighted by Gasteiger charge is -2.05. The second kappa shape index (κ2) is 6.84. The Morgan fingerprint density at radius 3 is 2.94 bits per heavy atom. The molecule has 0 aliphatic heterocycles. The Kier molecular flexibility index (Phi) is 5.40. The van der Waals surface area contributed by atoms with E-state index in [-0.39, 0.29) is 18.1 Å². The van der Waals surface area contributed by atoms with Gasteiger partial charge >= 0.3 is 0 Å². The van der Waals surface area contributed by atoms with E-state index in [0.29, 0.717) is 12.1 Å². The van der Waals surface area contributed by atoms with Crippen LogP contribution in [0, 0.1) is 5.82 Å². The molecule has 1 aromatic rings. The van der Waals surface area contributed by atoms with Gasteiger partial charge in [-0.05, 0) is 24.1 Å². The molecule has 0 aliphatic carbocycles. The molecule has 0 aromatic heterocycles. The maximum atomic E-state index is 13.2. The second-order valence-corrected chi connectivity index (χ2v) is 3.94. The van der Waals surface area contributed by atoms with Crippen LogP contribution in [-0.2, 0) is 11.2 Å². The van der Waals surface area contributed by atoms with E-state index in [0.717, 1.165) is 18.4 Å². The van der Waals surface area contributed by atoms with Crippen LogP contribution in [0.2, 0.25) is 0 Å². The van der Waals surface area contributed by atoms with Crippen LogP contribution in [0.3, 0.4) is 0 Å². The number of unbranched alkanes of at least 4 members (excludes halogenated alkanes) is 1. The van der Waals surface area contributed by atoms with E-state index < -0.39 is 0 Å². The predicted octanol–water partition coefficient (Wildman–Crippen LogP) is 2.93. The number of carbonyl (C=O) groups is 1. The van der Waals surface area contributed by atoms with E-state index in [4.69, 9.17) is 0 Å². The molecule has 17 heavy (non-hydrogen) atoms. The fourth-order valence-electron chi connectivity index (χ4n) is 1.51. The molecule has 0 fully saturated rings. The summed E-state index contributed by atoms with van der Waals surface area (Å²) < 4.78 is 13.2. The summed E-state index contributed by atoms with van der Waals surface area (Å²) in [6, 6.07) is 4.65. The van der Waals surface area contributed by atoms with Gasteiger partial charge in [-0.15, -0.1) is 0 Å². The molecule has 0 spiro atoms. The summed E-state index contributed by atoms with van der Waals surface area (Å²) in [5, 5.41) is 2.83. The van der Waals surface area contributed by atoms with Crippen molar-refractivity contribution in [2.45, 2.75) is 26.2 Å². The molecule has 0 saturated carbocycles. The number of nitrogens with one attached hydrogen (secondary N) is 1. The van der Waals surface area contributed by atoms with E-state index in [2.05, 4.69) is 18.8 Å². The summed E-state index contributed by atoms with van der Waals surface area (Å²) in [5.74, 6) is -0.338. The zero-order chi connectivity index (χ0) is 12.7. The number of amides is 1. The van der Waals surface area contributed by atoms with Gasteiger partial charge in [0.05, 0.1) is 6.42 Å². The number of halogens is 1. The lowest BCUT2D eigenvalue weighted by molar-refractivity contribution is -0.120. The average molecular weight is 235 g/mol. The summed E-state index contributed by atoms with van der Waals surface area (Å²) in [7, 11) is 0. The van der Waals surface area contributed by atoms with Gasteiger partial charge in [0.15, 0.2) is 0 Å². The molecule has 92 valence electrons. The summed E-state index contributed by atoms with van der Waals surface area (Å²) >= 11 is 0. The number of hydrogen-bond donors (Lipinski definition) is 1. The van der Waals surface area contributed by atoms with Crippen molar-refractivity contribution in [2.24, 2.45) is 0 Å². The van der Waals surface area contributed by atoms with E-state index >= 15 is 0 Å². The largest absolute Gasteiger partial charge is 0.356 e. The molecule has 1 N–H and O–H groups in total. The van der Waals surface area contributed by atoms with Gasteiger partial charge in [0.2, 0.25) is 5.91 Å². The smallest absolute Gasteiger partial charge is 0.224 e. The molecule has 0 radical (unpaired) electrons. The quantitative estimate of drug-likeness (QED) is 0.755. The van der Waals surface area contributed by atoms with Crippen LogP contribution in [0.25, 0.3) is 6.08 Å². The van der Waals surface area contributed by atoms with Crippen molar-refractivity contribution in [1.82, 2.24) is 5.32 Å². The summed E-state index contributed by atoms with van der Waals surface area (Å²) in [4.78, 5) is 11.5. The Morgan fingerprint density at radius 2 is 2.29 bits per heavy atom. The minimum absolute atomic E-state index is 0.0277. The van der Waals surface area contributed by atoms with Crippen LogP contribution < -0.4 is 5.32 Å². The normalized spacial score (nSPS) is 10.0. The summed E-state index contributed by atoms with van der Waals surface area (Å²) in [5.41, 5.74) is 1.24. The first kappa shape index (κ1) is 13.4. The fraction of sp³-hybridized carbons (Fsp3) is 0.357. The van der Waals surface area contributed by atoms with Gasteiger partial charge in [-0.2, -0.15) is 0 Å². The van der Waals surface area contributed by atoms with E-state index in [1.54, 1.807) is 12.1 Å². The lowest BCUT2D eigenvalue weighted by Crippen LogP contribution is -2.26.